The number of aliphatic imine (C=N–C) groups is 1. The van der Waals surface area contributed by atoms with Crippen LogP contribution in [0, 0.1) is 6.92 Å². The van der Waals surface area contributed by atoms with Gasteiger partial charge in [-0.2, -0.15) is 19.9 Å². The minimum atomic E-state index is -0.355. The normalized spacial score (nSPS) is 12.0. The number of carbonyl (C=O) groups excluding carboxylic acids is 1. The second-order valence-electron chi connectivity index (χ2n) is 16.3. The Labute approximate surface area is 395 Å². The predicted molar refractivity (Wildman–Crippen MR) is 265 cm³/mol. The molecule has 6 N–H and O–H groups in total. The zero-order chi connectivity index (χ0) is 51.0. The molecule has 23 heteroatoms. The van der Waals surface area contributed by atoms with E-state index in [1.807, 2.05) is 68.7 Å². The molecule has 0 radical (unpaired) electrons. The largest absolute Gasteiger partial charge is 0.476 e. The number of aromatic nitrogens is 12. The van der Waals surface area contributed by atoms with E-state index in [0.717, 1.165) is 11.2 Å². The van der Waals surface area contributed by atoms with Crippen LogP contribution in [0.25, 0.3) is 22.3 Å². The third-order valence-electron chi connectivity index (χ3n) is 9.20. The first kappa shape index (κ1) is 54.6. The number of ether oxygens (including phenoxy) is 2. The van der Waals surface area contributed by atoms with E-state index in [-0.39, 0.29) is 46.9 Å². The van der Waals surface area contributed by atoms with Crippen molar-refractivity contribution in [1.29, 1.82) is 0 Å². The van der Waals surface area contributed by atoms with E-state index in [1.165, 1.54) is 28.3 Å². The Morgan fingerprint density at radius 2 is 1.24 bits per heavy atom. The Hall–Kier alpha value is -7.72. The SMILES string of the molecule is C=C1N=C(N)C=CN1C(C)C.CC(=O)Nc1ccn(C(C)C)c(=O)n1.CC(C)n1ccc(=O)[nH]c1=O.CCOc1nc(C)nc2c1ncn2C(C)C.CCOc1nc(N)nc2c1ncn2C(C)C. The molecule has 0 unspecified atom stereocenters. The number of H-pyrrole nitrogens is 1. The third kappa shape index (κ3) is 15.4. The van der Waals surface area contributed by atoms with Gasteiger partial charge in [0.1, 0.15) is 23.3 Å². The lowest BCUT2D eigenvalue weighted by Crippen LogP contribution is -2.29. The van der Waals surface area contributed by atoms with E-state index in [0.29, 0.717) is 71.5 Å². The fraction of sp³-hybridized carbons (Fsp3) is 0.467. The minimum absolute atomic E-state index is 0.0707. The van der Waals surface area contributed by atoms with Gasteiger partial charge in [0.25, 0.3) is 5.56 Å². The number of nitrogens with two attached hydrogens (primary N) is 2. The van der Waals surface area contributed by atoms with Gasteiger partial charge in [0, 0.05) is 61.8 Å². The average molecular weight is 942 g/mol. The number of anilines is 2. The first-order valence-corrected chi connectivity index (χ1v) is 22.1. The van der Waals surface area contributed by atoms with Crippen molar-refractivity contribution in [3.05, 3.63) is 99.0 Å². The lowest BCUT2D eigenvalue weighted by atomic mass is 10.3. The maximum Gasteiger partial charge on any atom is 0.349 e. The summed E-state index contributed by atoms with van der Waals surface area (Å²) in [5.74, 6) is 3.22. The quantitative estimate of drug-likeness (QED) is 0.133. The molecule has 368 valence electrons. The Balaban J connectivity index is 0.000000227. The molecule has 7 rings (SSSR count). The summed E-state index contributed by atoms with van der Waals surface area (Å²) >= 11 is 0. The number of aromatic amines is 1. The van der Waals surface area contributed by atoms with Crippen molar-refractivity contribution < 1.29 is 14.3 Å². The van der Waals surface area contributed by atoms with Gasteiger partial charge >= 0.3 is 11.4 Å². The van der Waals surface area contributed by atoms with E-state index in [9.17, 15) is 19.2 Å². The summed E-state index contributed by atoms with van der Waals surface area (Å²) in [6, 6.07) is 4.07. The van der Waals surface area contributed by atoms with Crippen LogP contribution in [0.4, 0.5) is 11.8 Å². The molecule has 0 bridgehead atoms. The highest BCUT2D eigenvalue weighted by atomic mass is 16.5. The molecule has 1 aliphatic heterocycles. The molecule has 68 heavy (non-hydrogen) atoms. The van der Waals surface area contributed by atoms with Gasteiger partial charge in [-0.3, -0.25) is 23.7 Å². The maximum absolute atomic E-state index is 11.4. The molecule has 1 amide bonds. The van der Waals surface area contributed by atoms with Crippen LogP contribution in [0.15, 0.2) is 81.2 Å². The molecule has 0 atom stereocenters. The Morgan fingerprint density at radius 1 is 0.721 bits per heavy atom. The smallest absolute Gasteiger partial charge is 0.349 e. The summed E-state index contributed by atoms with van der Waals surface area (Å²) < 4.78 is 17.8. The summed E-state index contributed by atoms with van der Waals surface area (Å²) in [7, 11) is 0. The van der Waals surface area contributed by atoms with Crippen LogP contribution in [-0.2, 0) is 4.79 Å². The molecule has 0 aliphatic carbocycles. The molecule has 23 nitrogen and oxygen atoms in total. The number of hydrogen-bond donors (Lipinski definition) is 4. The van der Waals surface area contributed by atoms with Crippen LogP contribution in [0.5, 0.6) is 11.8 Å². The van der Waals surface area contributed by atoms with E-state index in [4.69, 9.17) is 20.9 Å². The van der Waals surface area contributed by atoms with E-state index in [2.05, 4.69) is 98.3 Å². The van der Waals surface area contributed by atoms with Gasteiger partial charge in [0.2, 0.25) is 23.6 Å². The number of nitrogens with one attached hydrogen (secondary N) is 2. The summed E-state index contributed by atoms with van der Waals surface area (Å²) in [6.07, 6.45) is 10.3. The van der Waals surface area contributed by atoms with Crippen LogP contribution in [-0.4, -0.2) is 94.0 Å². The highest BCUT2D eigenvalue weighted by Gasteiger charge is 2.16. The first-order valence-electron chi connectivity index (χ1n) is 22.1. The lowest BCUT2D eigenvalue weighted by Gasteiger charge is -2.26. The zero-order valence-corrected chi connectivity index (χ0v) is 41.5. The number of hydrogen-bond acceptors (Lipinski definition) is 17. The Kier molecular flexibility index (Phi) is 20.3. The van der Waals surface area contributed by atoms with Crippen molar-refractivity contribution in [2.45, 2.75) is 127 Å². The fourth-order valence-electron chi connectivity index (χ4n) is 5.98. The van der Waals surface area contributed by atoms with Crippen LogP contribution < -0.4 is 43.2 Å². The van der Waals surface area contributed by atoms with Crippen LogP contribution in [0.1, 0.15) is 120 Å². The topological polar surface area (TPSA) is 292 Å². The molecule has 6 aromatic rings. The number of carbonyl (C=O) groups is 1. The number of fused-ring (bicyclic) bond motifs is 2. The molecule has 0 aromatic carbocycles. The molecular formula is C45H67N17O6. The zero-order valence-electron chi connectivity index (χ0n) is 41.5. The number of amidine groups is 1. The van der Waals surface area contributed by atoms with Gasteiger partial charge in [0.05, 0.1) is 25.9 Å². The Morgan fingerprint density at radius 3 is 1.69 bits per heavy atom. The van der Waals surface area contributed by atoms with E-state index in [1.54, 1.807) is 31.0 Å². The minimum Gasteiger partial charge on any atom is -0.476 e. The van der Waals surface area contributed by atoms with Gasteiger partial charge in [0.15, 0.2) is 22.3 Å². The maximum atomic E-state index is 11.4. The second kappa shape index (κ2) is 25.3. The van der Waals surface area contributed by atoms with Crippen molar-refractivity contribution in [2.75, 3.05) is 24.3 Å². The van der Waals surface area contributed by atoms with Gasteiger partial charge < -0.3 is 40.3 Å². The van der Waals surface area contributed by atoms with Gasteiger partial charge in [-0.1, -0.05) is 6.58 Å². The van der Waals surface area contributed by atoms with Gasteiger partial charge in [-0.15, -0.1) is 0 Å². The Bertz CT molecular complexity index is 2770. The van der Waals surface area contributed by atoms with Crippen LogP contribution in [0.2, 0.25) is 0 Å². The van der Waals surface area contributed by atoms with Crippen molar-refractivity contribution in [1.82, 2.24) is 63.0 Å². The highest BCUT2D eigenvalue weighted by molar-refractivity contribution is 5.92. The first-order chi connectivity index (χ1) is 32.0. The molecule has 0 spiro atoms. The summed E-state index contributed by atoms with van der Waals surface area (Å²) in [4.78, 5) is 81.0. The molecular weight excluding hydrogens is 875 g/mol. The van der Waals surface area contributed by atoms with E-state index >= 15 is 0 Å². The molecule has 0 fully saturated rings. The summed E-state index contributed by atoms with van der Waals surface area (Å²) in [6.45, 7) is 31.9. The van der Waals surface area contributed by atoms with Gasteiger partial charge in [-0.05, 0) is 102 Å². The molecule has 0 saturated carbocycles. The third-order valence-corrected chi connectivity index (χ3v) is 9.20. The lowest BCUT2D eigenvalue weighted by molar-refractivity contribution is -0.114. The molecule has 6 aromatic heterocycles. The summed E-state index contributed by atoms with van der Waals surface area (Å²) in [5.41, 5.74) is 13.0. The number of nitrogen functional groups attached to an aromatic ring is 1. The number of imidazole rings is 2. The van der Waals surface area contributed by atoms with Crippen molar-refractivity contribution in [2.24, 2.45) is 10.7 Å². The van der Waals surface area contributed by atoms with Crippen LogP contribution in [0.3, 0.4) is 0 Å². The molecule has 7 heterocycles. The predicted octanol–water partition coefficient (Wildman–Crippen LogP) is 5.46. The van der Waals surface area contributed by atoms with Crippen molar-refractivity contribution in [3.63, 3.8) is 0 Å². The highest BCUT2D eigenvalue weighted by Crippen LogP contribution is 2.25. The second-order valence-corrected chi connectivity index (χ2v) is 16.3. The van der Waals surface area contributed by atoms with Crippen molar-refractivity contribution >= 4 is 45.8 Å². The molecule has 1 aliphatic rings. The fourth-order valence-corrected chi connectivity index (χ4v) is 5.98. The standard InChI is InChI=1S/C11H16N4O.C10H15N5O.C9H13N3O2.C8H13N3.C7H10N2O2/c1-5-16-11-9-10(13-8(4)14-11)15(6-12-9)7(2)3;1-4-16-9-7-8(13-10(11)14-9)15(5-12-7)6(2)3;1-6(2)12-5-4-8(10-7(3)13)11-9(12)14;1-6(2)11-5-4-8(9)10-7(11)3;1-5(2)9-4-3-6(10)8-7(9)11/h6-7H,5H2,1-4H3;5-6H,4H2,1-3H3,(H2,11,13,14);4-6H,1-3H3,(H,10,11,13,14);4-6H,3H2,1-2H3,(H2,9,10);3-5H,1-2H3,(H,8,10,11). The summed E-state index contributed by atoms with van der Waals surface area (Å²) in [5, 5.41) is 2.45. The average Bonchev–Trinajstić information content (AvgIpc) is 3.87. The molecule has 0 saturated heterocycles. The number of aryl methyl sites for hydroxylation is 1. The monoisotopic (exact) mass is 942 g/mol. The van der Waals surface area contributed by atoms with Crippen molar-refractivity contribution in [3.8, 4) is 11.8 Å². The number of nitrogens with zero attached hydrogens (tertiary/aromatic N) is 13. The van der Waals surface area contributed by atoms with Crippen LogP contribution >= 0.6 is 0 Å². The van der Waals surface area contributed by atoms with E-state index < -0.39 is 0 Å². The number of rotatable bonds is 10. The van der Waals surface area contributed by atoms with Gasteiger partial charge in [-0.25, -0.2) is 29.5 Å². The number of amides is 1.